The molecular weight excluding hydrogens is 340 g/mol. The van der Waals surface area contributed by atoms with E-state index in [1.165, 1.54) is 0 Å². The summed E-state index contributed by atoms with van der Waals surface area (Å²) in [4.78, 5) is 19.6. The van der Waals surface area contributed by atoms with Crippen LogP contribution in [0.5, 0.6) is 5.75 Å². The summed E-state index contributed by atoms with van der Waals surface area (Å²) in [7, 11) is 0. The van der Waals surface area contributed by atoms with Crippen LogP contribution in [-0.4, -0.2) is 32.5 Å². The van der Waals surface area contributed by atoms with E-state index in [0.29, 0.717) is 12.3 Å². The Morgan fingerprint density at radius 3 is 3.00 bits per heavy atom. The molecule has 2 aromatic heterocycles. The molecule has 1 fully saturated rings. The summed E-state index contributed by atoms with van der Waals surface area (Å²) in [6.45, 7) is 1.10. The molecule has 2 aliphatic rings. The lowest BCUT2D eigenvalue weighted by molar-refractivity contribution is 0.0602. The molecule has 0 aliphatic carbocycles. The Morgan fingerprint density at radius 1 is 1.19 bits per heavy atom. The Balaban J connectivity index is 1.51. The number of likely N-dealkylation sites (tertiary alicyclic amines) is 1. The van der Waals surface area contributed by atoms with Crippen molar-refractivity contribution in [2.45, 2.75) is 31.9 Å². The van der Waals surface area contributed by atoms with Gasteiger partial charge in [0.25, 0.3) is 5.91 Å². The van der Waals surface area contributed by atoms with Gasteiger partial charge in [-0.3, -0.25) is 14.9 Å². The van der Waals surface area contributed by atoms with Crippen LogP contribution >= 0.6 is 0 Å². The van der Waals surface area contributed by atoms with E-state index in [1.807, 2.05) is 47.5 Å². The van der Waals surface area contributed by atoms with Crippen LogP contribution in [0.4, 0.5) is 0 Å². The largest absolute Gasteiger partial charge is 0.488 e. The monoisotopic (exact) mass is 360 g/mol. The third-order valence-corrected chi connectivity index (χ3v) is 5.43. The van der Waals surface area contributed by atoms with Gasteiger partial charge in [-0.05, 0) is 43.0 Å². The first-order valence-electron chi connectivity index (χ1n) is 9.33. The number of para-hydroxylation sites is 1. The second-order valence-corrected chi connectivity index (χ2v) is 7.01. The first-order valence-corrected chi connectivity index (χ1v) is 9.33. The topological polar surface area (TPSA) is 71.1 Å². The van der Waals surface area contributed by atoms with Gasteiger partial charge in [-0.1, -0.05) is 18.2 Å². The molecule has 0 saturated carbocycles. The summed E-state index contributed by atoms with van der Waals surface area (Å²) < 4.78 is 5.86. The molecule has 4 heterocycles. The minimum atomic E-state index is -0.0136. The third-order valence-electron chi connectivity index (χ3n) is 5.43. The zero-order chi connectivity index (χ0) is 18.2. The average Bonchev–Trinajstić information content (AvgIpc) is 3.18. The number of nitrogens with one attached hydrogen (secondary N) is 1. The van der Waals surface area contributed by atoms with Crippen molar-refractivity contribution in [2.24, 2.45) is 0 Å². The number of H-pyrrole nitrogens is 1. The van der Waals surface area contributed by atoms with Gasteiger partial charge in [-0.15, -0.1) is 0 Å². The fraction of sp³-hybridized carbons (Fsp3) is 0.286. The highest BCUT2D eigenvalue weighted by atomic mass is 16.5. The van der Waals surface area contributed by atoms with E-state index in [4.69, 9.17) is 4.74 Å². The fourth-order valence-corrected chi connectivity index (χ4v) is 4.08. The number of piperidine rings is 1. The predicted octanol–water partition coefficient (Wildman–Crippen LogP) is 3.73. The standard InChI is InChI=1S/C21H20N4O2/c26-21(25-11-4-3-8-17(25)14-6-5-10-22-12-14)20-16-13-27-18-9-2-1-7-15(18)19(16)23-24-20/h1-2,5-7,9-10,12,17H,3-4,8,11,13H2,(H,23,24). The minimum Gasteiger partial charge on any atom is -0.488 e. The van der Waals surface area contributed by atoms with Crippen LogP contribution in [0.3, 0.4) is 0 Å². The van der Waals surface area contributed by atoms with Crippen LogP contribution < -0.4 is 4.74 Å². The maximum atomic E-state index is 13.4. The molecule has 6 nitrogen and oxygen atoms in total. The summed E-state index contributed by atoms with van der Waals surface area (Å²) in [5.74, 6) is 0.794. The maximum Gasteiger partial charge on any atom is 0.272 e. The van der Waals surface area contributed by atoms with Crippen molar-refractivity contribution < 1.29 is 9.53 Å². The number of benzene rings is 1. The Morgan fingerprint density at radius 2 is 2.11 bits per heavy atom. The summed E-state index contributed by atoms with van der Waals surface area (Å²) in [6, 6.07) is 11.8. The van der Waals surface area contributed by atoms with E-state index >= 15 is 0 Å². The van der Waals surface area contributed by atoms with Gasteiger partial charge in [0.2, 0.25) is 0 Å². The van der Waals surface area contributed by atoms with Gasteiger partial charge < -0.3 is 9.64 Å². The van der Waals surface area contributed by atoms with Crippen LogP contribution in [0.2, 0.25) is 0 Å². The van der Waals surface area contributed by atoms with Crippen molar-refractivity contribution in [3.8, 4) is 17.0 Å². The van der Waals surface area contributed by atoms with Crippen LogP contribution in [0, 0.1) is 0 Å². The number of hydrogen-bond acceptors (Lipinski definition) is 4. The predicted molar refractivity (Wildman–Crippen MR) is 100 cm³/mol. The second-order valence-electron chi connectivity index (χ2n) is 7.01. The molecule has 0 radical (unpaired) electrons. The number of rotatable bonds is 2. The van der Waals surface area contributed by atoms with Crippen molar-refractivity contribution in [3.05, 3.63) is 65.6 Å². The van der Waals surface area contributed by atoms with E-state index < -0.39 is 0 Å². The van der Waals surface area contributed by atoms with Crippen molar-refractivity contribution in [1.82, 2.24) is 20.1 Å². The SMILES string of the molecule is O=C(c1[nH]nc2c1COc1ccccc1-2)N1CCCCC1c1cccnc1. The minimum absolute atomic E-state index is 0.0136. The lowest BCUT2D eigenvalue weighted by Gasteiger charge is -2.36. The quantitative estimate of drug-likeness (QED) is 0.756. The Labute approximate surface area is 157 Å². The van der Waals surface area contributed by atoms with Crippen LogP contribution in [0.25, 0.3) is 11.3 Å². The van der Waals surface area contributed by atoms with Crippen molar-refractivity contribution >= 4 is 5.91 Å². The molecule has 5 rings (SSSR count). The highest BCUT2D eigenvalue weighted by molar-refractivity contribution is 5.96. The maximum absolute atomic E-state index is 13.4. The molecule has 1 saturated heterocycles. The number of hydrogen-bond donors (Lipinski definition) is 1. The first kappa shape index (κ1) is 16.1. The molecule has 1 amide bonds. The number of fused-ring (bicyclic) bond motifs is 3. The summed E-state index contributed by atoms with van der Waals surface area (Å²) in [5, 5.41) is 7.44. The molecule has 1 N–H and O–H groups in total. The van der Waals surface area contributed by atoms with E-state index in [0.717, 1.165) is 53.9 Å². The van der Waals surface area contributed by atoms with E-state index in [9.17, 15) is 4.79 Å². The van der Waals surface area contributed by atoms with Crippen molar-refractivity contribution in [1.29, 1.82) is 0 Å². The zero-order valence-corrected chi connectivity index (χ0v) is 14.9. The molecular formula is C21H20N4O2. The fourth-order valence-electron chi connectivity index (χ4n) is 4.08. The number of ether oxygens (including phenoxy) is 1. The van der Waals surface area contributed by atoms with Gasteiger partial charge in [0, 0.05) is 30.1 Å². The van der Waals surface area contributed by atoms with Gasteiger partial charge >= 0.3 is 0 Å². The molecule has 1 aromatic carbocycles. The van der Waals surface area contributed by atoms with Gasteiger partial charge in [0.05, 0.1) is 6.04 Å². The van der Waals surface area contributed by atoms with E-state index in [-0.39, 0.29) is 11.9 Å². The second kappa shape index (κ2) is 6.54. The number of aromatic nitrogens is 3. The molecule has 2 aliphatic heterocycles. The van der Waals surface area contributed by atoms with Gasteiger partial charge in [0.15, 0.2) is 0 Å². The molecule has 0 spiro atoms. The molecule has 6 heteroatoms. The highest BCUT2D eigenvalue weighted by Crippen LogP contribution is 2.38. The number of nitrogens with zero attached hydrogens (tertiary/aromatic N) is 3. The van der Waals surface area contributed by atoms with Crippen LogP contribution in [-0.2, 0) is 6.61 Å². The summed E-state index contributed by atoms with van der Waals surface area (Å²) >= 11 is 0. The Kier molecular flexibility index (Phi) is 3.89. The number of pyridine rings is 1. The third kappa shape index (κ3) is 2.68. The van der Waals surface area contributed by atoms with Gasteiger partial charge in [-0.25, -0.2) is 0 Å². The average molecular weight is 360 g/mol. The number of carbonyl (C=O) groups is 1. The van der Waals surface area contributed by atoms with Crippen LogP contribution in [0.15, 0.2) is 48.8 Å². The number of aromatic amines is 1. The number of carbonyl (C=O) groups excluding carboxylic acids is 1. The Bertz CT molecular complexity index is 983. The lowest BCUT2D eigenvalue weighted by Crippen LogP contribution is -2.39. The van der Waals surface area contributed by atoms with Crippen molar-refractivity contribution in [3.63, 3.8) is 0 Å². The molecule has 27 heavy (non-hydrogen) atoms. The van der Waals surface area contributed by atoms with Gasteiger partial charge in [0.1, 0.15) is 23.7 Å². The smallest absolute Gasteiger partial charge is 0.272 e. The molecule has 0 bridgehead atoms. The van der Waals surface area contributed by atoms with Crippen molar-refractivity contribution in [2.75, 3.05) is 6.54 Å². The van der Waals surface area contributed by atoms with E-state index in [1.54, 1.807) is 6.20 Å². The summed E-state index contributed by atoms with van der Waals surface area (Å²) in [6.07, 6.45) is 6.70. The highest BCUT2D eigenvalue weighted by Gasteiger charge is 2.33. The zero-order valence-electron chi connectivity index (χ0n) is 14.9. The summed E-state index contributed by atoms with van der Waals surface area (Å²) in [5.41, 5.74) is 4.21. The Hall–Kier alpha value is -3.15. The lowest BCUT2D eigenvalue weighted by atomic mass is 9.95. The number of amides is 1. The molecule has 1 unspecified atom stereocenters. The molecule has 1 atom stereocenters. The molecule has 3 aromatic rings. The van der Waals surface area contributed by atoms with E-state index in [2.05, 4.69) is 15.2 Å². The molecule has 136 valence electrons. The normalized spacial score (nSPS) is 18.4. The first-order chi connectivity index (χ1) is 13.3. The van der Waals surface area contributed by atoms with Crippen LogP contribution in [0.1, 0.15) is 46.9 Å². The van der Waals surface area contributed by atoms with Gasteiger partial charge in [-0.2, -0.15) is 5.10 Å².